The zero-order valence-corrected chi connectivity index (χ0v) is 18.5. The quantitative estimate of drug-likeness (QED) is 0.382. The Kier molecular flexibility index (Phi) is 7.28. The number of carbonyl (C=O) groups is 2. The molecular weight excluding hydrogens is 437 g/mol. The second-order valence-corrected chi connectivity index (χ2v) is 8.02. The van der Waals surface area contributed by atoms with Crippen molar-refractivity contribution in [3.05, 3.63) is 71.8 Å². The summed E-state index contributed by atoms with van der Waals surface area (Å²) in [5, 5.41) is 11.6. The number of hydrogen-bond donors (Lipinski definition) is 5. The highest BCUT2D eigenvalue weighted by Gasteiger charge is 2.20. The van der Waals surface area contributed by atoms with Gasteiger partial charge in [0.15, 0.2) is 11.5 Å². The molecule has 0 spiro atoms. The van der Waals surface area contributed by atoms with Crippen molar-refractivity contribution in [3.8, 4) is 11.3 Å². The fourth-order valence-corrected chi connectivity index (χ4v) is 3.66. The highest BCUT2D eigenvalue weighted by atomic mass is 19.1. The van der Waals surface area contributed by atoms with Gasteiger partial charge >= 0.3 is 6.03 Å². The lowest BCUT2D eigenvalue weighted by atomic mass is 10.1. The molecule has 0 aliphatic carbocycles. The van der Waals surface area contributed by atoms with Crippen LogP contribution in [0.4, 0.5) is 20.7 Å². The molecule has 0 radical (unpaired) electrons. The fourth-order valence-electron chi connectivity index (χ4n) is 3.66. The van der Waals surface area contributed by atoms with Crippen molar-refractivity contribution in [2.24, 2.45) is 0 Å². The van der Waals surface area contributed by atoms with Gasteiger partial charge in [-0.25, -0.2) is 19.2 Å². The Hall–Kier alpha value is -4.05. The molecule has 3 amide bonds. The smallest absolute Gasteiger partial charge is 0.319 e. The number of nitrogens with one attached hydrogen (secondary N) is 4. The van der Waals surface area contributed by atoms with Crippen molar-refractivity contribution in [2.75, 3.05) is 24.1 Å². The van der Waals surface area contributed by atoms with Gasteiger partial charge in [-0.05, 0) is 55.3 Å². The number of aromatic nitrogens is 2. The molecule has 6 N–H and O–H groups in total. The summed E-state index contributed by atoms with van der Waals surface area (Å²) in [7, 11) is 0. The van der Waals surface area contributed by atoms with E-state index in [1.54, 1.807) is 0 Å². The second-order valence-electron chi connectivity index (χ2n) is 8.02. The van der Waals surface area contributed by atoms with Crippen LogP contribution < -0.4 is 27.0 Å². The third-order valence-electron chi connectivity index (χ3n) is 5.43. The number of hydrogen-bond acceptors (Lipinski definition) is 6. The van der Waals surface area contributed by atoms with Crippen LogP contribution in [0.25, 0.3) is 11.3 Å². The van der Waals surface area contributed by atoms with Gasteiger partial charge in [0, 0.05) is 30.4 Å². The number of nitrogens with two attached hydrogens (primary N) is 1. The van der Waals surface area contributed by atoms with Crippen LogP contribution in [-0.4, -0.2) is 41.0 Å². The Labute approximate surface area is 196 Å². The summed E-state index contributed by atoms with van der Waals surface area (Å²) in [6.07, 6.45) is 3.41. The summed E-state index contributed by atoms with van der Waals surface area (Å²) >= 11 is 0. The highest BCUT2D eigenvalue weighted by molar-refractivity contribution is 5.97. The van der Waals surface area contributed by atoms with Gasteiger partial charge < -0.3 is 27.0 Å². The molecule has 1 atom stereocenters. The van der Waals surface area contributed by atoms with Crippen LogP contribution >= 0.6 is 0 Å². The molecule has 1 aliphatic heterocycles. The summed E-state index contributed by atoms with van der Waals surface area (Å²) in [4.78, 5) is 33.5. The van der Waals surface area contributed by atoms with Crippen molar-refractivity contribution in [1.82, 2.24) is 25.9 Å². The third kappa shape index (κ3) is 6.04. The normalized spacial score (nSPS) is 15.4. The maximum absolute atomic E-state index is 13.0. The first-order valence-electron chi connectivity index (χ1n) is 11.0. The van der Waals surface area contributed by atoms with Gasteiger partial charge in [0.1, 0.15) is 5.82 Å². The molecule has 4 rings (SSSR count). The van der Waals surface area contributed by atoms with Crippen LogP contribution in [0.5, 0.6) is 0 Å². The largest absolute Gasteiger partial charge is 0.382 e. The number of rotatable bonds is 6. The standard InChI is InChI=1S/C24H26FN7O2/c25-17-6-8-18(9-7-17)31-24(34)29-12-15-3-1-4-16(11-15)20-14-28-22(26)21(32-20)23(33)30-19-5-2-10-27-13-19/h1,3-4,6-9,11,14,19,27H,2,5,10,12-13H2,(H2,26,28)(H,30,33)(H2,29,31,34). The number of carbonyl (C=O) groups excluding carboxylic acids is 2. The zero-order valence-electron chi connectivity index (χ0n) is 18.5. The van der Waals surface area contributed by atoms with E-state index in [0.29, 0.717) is 17.9 Å². The first-order valence-corrected chi connectivity index (χ1v) is 11.0. The second kappa shape index (κ2) is 10.7. The molecular formula is C24H26FN7O2. The summed E-state index contributed by atoms with van der Waals surface area (Å²) in [6.45, 7) is 1.91. The number of piperidine rings is 1. The molecule has 2 aromatic carbocycles. The molecule has 2 heterocycles. The summed E-state index contributed by atoms with van der Waals surface area (Å²) in [5.41, 5.74) is 8.56. The molecule has 1 aromatic heterocycles. The molecule has 176 valence electrons. The van der Waals surface area contributed by atoms with Gasteiger partial charge in [0.25, 0.3) is 5.91 Å². The minimum absolute atomic E-state index is 0.0292. The van der Waals surface area contributed by atoms with E-state index in [9.17, 15) is 14.0 Å². The lowest BCUT2D eigenvalue weighted by molar-refractivity contribution is 0.0926. The molecule has 1 saturated heterocycles. The summed E-state index contributed by atoms with van der Waals surface area (Å²) in [5.74, 6) is -0.656. The SMILES string of the molecule is Nc1ncc(-c2cccc(CNC(=O)Nc3ccc(F)cc3)c2)nc1C(=O)NC1CCCNC1. The molecule has 1 aliphatic rings. The first-order chi connectivity index (χ1) is 16.5. The Morgan fingerprint density at radius 2 is 2.00 bits per heavy atom. The average Bonchev–Trinajstić information content (AvgIpc) is 2.85. The van der Waals surface area contributed by atoms with Crippen LogP contribution in [0.15, 0.2) is 54.7 Å². The minimum atomic E-state index is -0.416. The number of nitrogen functional groups attached to an aromatic ring is 1. The predicted octanol–water partition coefficient (Wildman–Crippen LogP) is 2.67. The predicted molar refractivity (Wildman–Crippen MR) is 127 cm³/mol. The number of nitrogens with zero attached hydrogens (tertiary/aromatic N) is 2. The lowest BCUT2D eigenvalue weighted by Crippen LogP contribution is -2.46. The molecule has 0 bridgehead atoms. The van der Waals surface area contributed by atoms with E-state index in [1.807, 2.05) is 24.3 Å². The average molecular weight is 464 g/mol. The Balaban J connectivity index is 1.41. The topological polar surface area (TPSA) is 134 Å². The van der Waals surface area contributed by atoms with Crippen LogP contribution in [-0.2, 0) is 6.54 Å². The van der Waals surface area contributed by atoms with Crippen molar-refractivity contribution < 1.29 is 14.0 Å². The molecule has 34 heavy (non-hydrogen) atoms. The van der Waals surface area contributed by atoms with Gasteiger partial charge in [-0.2, -0.15) is 0 Å². The van der Waals surface area contributed by atoms with Gasteiger partial charge in [-0.3, -0.25) is 4.79 Å². The van der Waals surface area contributed by atoms with Crippen molar-refractivity contribution >= 4 is 23.4 Å². The van der Waals surface area contributed by atoms with E-state index in [-0.39, 0.29) is 35.8 Å². The van der Waals surface area contributed by atoms with Gasteiger partial charge in [0.2, 0.25) is 0 Å². The maximum atomic E-state index is 13.0. The number of amides is 3. The molecule has 9 nitrogen and oxygen atoms in total. The Bertz CT molecular complexity index is 1160. The molecule has 10 heteroatoms. The monoisotopic (exact) mass is 463 g/mol. The lowest BCUT2D eigenvalue weighted by Gasteiger charge is -2.23. The van der Waals surface area contributed by atoms with Crippen LogP contribution in [0.3, 0.4) is 0 Å². The molecule has 0 saturated carbocycles. The summed E-state index contributed by atoms with van der Waals surface area (Å²) in [6, 6.07) is 12.5. The minimum Gasteiger partial charge on any atom is -0.382 e. The van der Waals surface area contributed by atoms with Crippen LogP contribution in [0.2, 0.25) is 0 Å². The Morgan fingerprint density at radius 1 is 1.18 bits per heavy atom. The van der Waals surface area contributed by atoms with Gasteiger partial charge in [-0.1, -0.05) is 18.2 Å². The molecule has 1 unspecified atom stereocenters. The fraction of sp³-hybridized carbons (Fsp3) is 0.250. The van der Waals surface area contributed by atoms with E-state index in [2.05, 4.69) is 31.2 Å². The Morgan fingerprint density at radius 3 is 2.76 bits per heavy atom. The number of benzene rings is 2. The van der Waals surface area contributed by atoms with E-state index >= 15 is 0 Å². The van der Waals surface area contributed by atoms with E-state index in [1.165, 1.54) is 30.5 Å². The summed E-state index contributed by atoms with van der Waals surface area (Å²) < 4.78 is 13.0. The first kappa shape index (κ1) is 23.1. The number of anilines is 2. The van der Waals surface area contributed by atoms with E-state index < -0.39 is 6.03 Å². The van der Waals surface area contributed by atoms with Crippen molar-refractivity contribution in [2.45, 2.75) is 25.4 Å². The van der Waals surface area contributed by atoms with Gasteiger partial charge in [-0.15, -0.1) is 0 Å². The maximum Gasteiger partial charge on any atom is 0.319 e. The molecule has 1 fully saturated rings. The van der Waals surface area contributed by atoms with Gasteiger partial charge in [0.05, 0.1) is 11.9 Å². The molecule has 3 aromatic rings. The van der Waals surface area contributed by atoms with Crippen molar-refractivity contribution in [1.29, 1.82) is 0 Å². The van der Waals surface area contributed by atoms with Crippen LogP contribution in [0.1, 0.15) is 28.9 Å². The van der Waals surface area contributed by atoms with Crippen LogP contribution in [0, 0.1) is 5.82 Å². The highest BCUT2D eigenvalue weighted by Crippen LogP contribution is 2.20. The van der Waals surface area contributed by atoms with E-state index in [0.717, 1.165) is 30.5 Å². The van der Waals surface area contributed by atoms with Crippen molar-refractivity contribution in [3.63, 3.8) is 0 Å². The third-order valence-corrected chi connectivity index (χ3v) is 5.43. The number of urea groups is 1. The zero-order chi connectivity index (χ0) is 23.9. The number of halogens is 1. The van der Waals surface area contributed by atoms with E-state index in [4.69, 9.17) is 5.73 Å².